The van der Waals surface area contributed by atoms with Crippen LogP contribution in [0.25, 0.3) is 0 Å². The van der Waals surface area contributed by atoms with Crippen LogP contribution in [0.5, 0.6) is 0 Å². The molecule has 1 saturated carbocycles. The van der Waals surface area contributed by atoms with E-state index in [1.54, 1.807) is 4.90 Å². The highest BCUT2D eigenvalue weighted by Gasteiger charge is 2.46. The summed E-state index contributed by atoms with van der Waals surface area (Å²) in [7, 11) is 0. The van der Waals surface area contributed by atoms with Crippen molar-refractivity contribution in [1.29, 1.82) is 0 Å². The topological polar surface area (TPSA) is 86.6 Å². The Labute approximate surface area is 154 Å². The van der Waals surface area contributed by atoms with Gasteiger partial charge in [0.15, 0.2) is 0 Å². The zero-order valence-electron chi connectivity index (χ0n) is 15.9. The molecule has 0 radical (unpaired) electrons. The standard InChI is InChI=1S/C19H28N4O3/c1-13(2)17-20-14(3)11-15(21-17)22-7-9-23(10-8-22)16(24)12-19(18(25)26)5-4-6-19/h11,13H,4-10,12H2,1-3H3,(H,25,26). The molecule has 1 saturated heterocycles. The molecule has 7 nitrogen and oxygen atoms in total. The lowest BCUT2D eigenvalue weighted by atomic mass is 9.66. The number of aryl methyl sites for hydroxylation is 1. The smallest absolute Gasteiger partial charge is 0.310 e. The molecule has 2 aliphatic rings. The second-order valence-electron chi connectivity index (χ2n) is 7.86. The Morgan fingerprint density at radius 1 is 1.19 bits per heavy atom. The van der Waals surface area contributed by atoms with Crippen LogP contribution in [0.3, 0.4) is 0 Å². The first-order valence-electron chi connectivity index (χ1n) is 9.42. The van der Waals surface area contributed by atoms with Gasteiger partial charge in [0.25, 0.3) is 0 Å². The van der Waals surface area contributed by atoms with Gasteiger partial charge in [0, 0.05) is 50.3 Å². The van der Waals surface area contributed by atoms with Gasteiger partial charge in [0.2, 0.25) is 5.91 Å². The van der Waals surface area contributed by atoms with Crippen molar-refractivity contribution in [3.63, 3.8) is 0 Å². The minimum absolute atomic E-state index is 0.0338. The summed E-state index contributed by atoms with van der Waals surface area (Å²) in [5.41, 5.74) is 0.134. The van der Waals surface area contributed by atoms with Crippen molar-refractivity contribution in [1.82, 2.24) is 14.9 Å². The Hall–Kier alpha value is -2.18. The van der Waals surface area contributed by atoms with Gasteiger partial charge in [-0.1, -0.05) is 20.3 Å². The summed E-state index contributed by atoms with van der Waals surface area (Å²) in [6.07, 6.45) is 2.27. The zero-order chi connectivity index (χ0) is 18.9. The number of aliphatic carboxylic acids is 1. The Morgan fingerprint density at radius 3 is 2.35 bits per heavy atom. The normalized spacial score (nSPS) is 19.4. The lowest BCUT2D eigenvalue weighted by Gasteiger charge is -2.40. The summed E-state index contributed by atoms with van der Waals surface area (Å²) < 4.78 is 0. The Kier molecular flexibility index (Phi) is 5.16. The van der Waals surface area contributed by atoms with Crippen molar-refractivity contribution in [2.45, 2.75) is 52.4 Å². The number of carboxylic acids is 1. The zero-order valence-corrected chi connectivity index (χ0v) is 15.9. The summed E-state index contributed by atoms with van der Waals surface area (Å²) in [6, 6.07) is 1.98. The second-order valence-corrected chi connectivity index (χ2v) is 7.86. The third kappa shape index (κ3) is 3.66. The van der Waals surface area contributed by atoms with Crippen molar-refractivity contribution in [2.24, 2.45) is 5.41 Å². The van der Waals surface area contributed by atoms with E-state index in [0.29, 0.717) is 39.0 Å². The van der Waals surface area contributed by atoms with E-state index in [-0.39, 0.29) is 18.2 Å². The van der Waals surface area contributed by atoms with Gasteiger partial charge in [-0.05, 0) is 19.8 Å². The molecule has 2 fully saturated rings. The Morgan fingerprint density at radius 2 is 1.85 bits per heavy atom. The maximum atomic E-state index is 12.6. The van der Waals surface area contributed by atoms with E-state index in [9.17, 15) is 14.7 Å². The SMILES string of the molecule is Cc1cc(N2CCN(C(=O)CC3(C(=O)O)CCC3)CC2)nc(C(C)C)n1. The molecule has 0 spiro atoms. The molecular formula is C19H28N4O3. The number of carboxylic acid groups (broad SMARTS) is 1. The summed E-state index contributed by atoms with van der Waals surface area (Å²) in [6.45, 7) is 8.76. The van der Waals surface area contributed by atoms with Crippen molar-refractivity contribution in [3.8, 4) is 0 Å². The van der Waals surface area contributed by atoms with Crippen LogP contribution < -0.4 is 4.90 Å². The van der Waals surface area contributed by atoms with E-state index in [1.807, 2.05) is 13.0 Å². The van der Waals surface area contributed by atoms with Crippen molar-refractivity contribution in [2.75, 3.05) is 31.1 Å². The highest BCUT2D eigenvalue weighted by atomic mass is 16.4. The van der Waals surface area contributed by atoms with E-state index >= 15 is 0 Å². The minimum Gasteiger partial charge on any atom is -0.481 e. The average molecular weight is 360 g/mol. The molecule has 7 heteroatoms. The predicted octanol–water partition coefficient (Wildman–Crippen LogP) is 2.20. The molecule has 1 aliphatic heterocycles. The van der Waals surface area contributed by atoms with Crippen LogP contribution >= 0.6 is 0 Å². The summed E-state index contributed by atoms with van der Waals surface area (Å²) >= 11 is 0. The molecule has 142 valence electrons. The highest BCUT2D eigenvalue weighted by Crippen LogP contribution is 2.44. The number of carbonyl (C=O) groups excluding carboxylic acids is 1. The third-order valence-corrected chi connectivity index (χ3v) is 5.58. The van der Waals surface area contributed by atoms with Crippen LogP contribution in [-0.2, 0) is 9.59 Å². The van der Waals surface area contributed by atoms with Gasteiger partial charge in [-0.2, -0.15) is 0 Å². The lowest BCUT2D eigenvalue weighted by Crippen LogP contribution is -2.51. The van der Waals surface area contributed by atoms with Crippen LogP contribution in [0.4, 0.5) is 5.82 Å². The molecule has 1 aromatic rings. The fourth-order valence-corrected chi connectivity index (χ4v) is 3.65. The summed E-state index contributed by atoms with van der Waals surface area (Å²) in [4.78, 5) is 37.2. The van der Waals surface area contributed by atoms with Crippen LogP contribution in [0.1, 0.15) is 57.0 Å². The largest absolute Gasteiger partial charge is 0.481 e. The molecule has 0 bridgehead atoms. The number of hydrogen-bond acceptors (Lipinski definition) is 5. The fraction of sp³-hybridized carbons (Fsp3) is 0.684. The maximum absolute atomic E-state index is 12.6. The molecule has 2 heterocycles. The number of rotatable bonds is 5. The summed E-state index contributed by atoms with van der Waals surface area (Å²) in [5.74, 6) is 1.16. The third-order valence-electron chi connectivity index (χ3n) is 5.58. The predicted molar refractivity (Wildman–Crippen MR) is 98.2 cm³/mol. The Bertz CT molecular complexity index is 692. The van der Waals surface area contributed by atoms with E-state index in [1.165, 1.54) is 0 Å². The van der Waals surface area contributed by atoms with Crippen molar-refractivity contribution < 1.29 is 14.7 Å². The first kappa shape index (κ1) is 18.6. The first-order chi connectivity index (χ1) is 12.3. The molecule has 1 N–H and O–H groups in total. The van der Waals surface area contributed by atoms with Gasteiger partial charge in [-0.3, -0.25) is 9.59 Å². The summed E-state index contributed by atoms with van der Waals surface area (Å²) in [5, 5.41) is 9.43. The van der Waals surface area contributed by atoms with E-state index in [4.69, 9.17) is 0 Å². The number of anilines is 1. The number of amides is 1. The van der Waals surface area contributed by atoms with E-state index in [2.05, 4.69) is 28.7 Å². The van der Waals surface area contributed by atoms with Gasteiger partial charge >= 0.3 is 5.97 Å². The molecule has 3 rings (SSSR count). The van der Waals surface area contributed by atoms with Crippen LogP contribution in [0, 0.1) is 12.3 Å². The molecule has 26 heavy (non-hydrogen) atoms. The molecule has 0 unspecified atom stereocenters. The number of nitrogens with zero attached hydrogens (tertiary/aromatic N) is 4. The minimum atomic E-state index is -0.826. The maximum Gasteiger partial charge on any atom is 0.310 e. The molecular weight excluding hydrogens is 332 g/mol. The number of hydrogen-bond donors (Lipinski definition) is 1. The molecule has 0 atom stereocenters. The van der Waals surface area contributed by atoms with Crippen LogP contribution in [-0.4, -0.2) is 58.0 Å². The average Bonchev–Trinajstić information content (AvgIpc) is 2.57. The molecule has 1 aliphatic carbocycles. The number of carbonyl (C=O) groups is 2. The van der Waals surface area contributed by atoms with Gasteiger partial charge < -0.3 is 14.9 Å². The van der Waals surface area contributed by atoms with Crippen LogP contribution in [0.15, 0.2) is 6.07 Å². The quantitative estimate of drug-likeness (QED) is 0.866. The number of aromatic nitrogens is 2. The van der Waals surface area contributed by atoms with E-state index in [0.717, 1.165) is 23.8 Å². The van der Waals surface area contributed by atoms with Crippen molar-refractivity contribution >= 4 is 17.7 Å². The van der Waals surface area contributed by atoms with Gasteiger partial charge in [-0.15, -0.1) is 0 Å². The van der Waals surface area contributed by atoms with Gasteiger partial charge in [0.05, 0.1) is 5.41 Å². The lowest BCUT2D eigenvalue weighted by molar-refractivity contribution is -0.159. The van der Waals surface area contributed by atoms with Crippen LogP contribution in [0.2, 0.25) is 0 Å². The fourth-order valence-electron chi connectivity index (χ4n) is 3.65. The van der Waals surface area contributed by atoms with E-state index < -0.39 is 11.4 Å². The Balaban J connectivity index is 1.61. The second kappa shape index (κ2) is 7.21. The number of piperazine rings is 1. The first-order valence-corrected chi connectivity index (χ1v) is 9.42. The monoisotopic (exact) mass is 360 g/mol. The molecule has 1 amide bonds. The van der Waals surface area contributed by atoms with Gasteiger partial charge in [0.1, 0.15) is 11.6 Å². The highest BCUT2D eigenvalue weighted by molar-refractivity contribution is 5.85. The van der Waals surface area contributed by atoms with Crippen molar-refractivity contribution in [3.05, 3.63) is 17.6 Å². The molecule has 0 aromatic carbocycles. The molecule has 1 aromatic heterocycles. The van der Waals surface area contributed by atoms with Gasteiger partial charge in [-0.25, -0.2) is 9.97 Å².